The number of ether oxygens (including phenoxy) is 1. The number of rotatable bonds is 9. The summed E-state index contributed by atoms with van der Waals surface area (Å²) in [5.41, 5.74) is 5.86. The Morgan fingerprint density at radius 3 is 2.55 bits per heavy atom. The van der Waals surface area contributed by atoms with Crippen LogP contribution in [0.15, 0.2) is 64.2 Å². The lowest BCUT2D eigenvalue weighted by Gasteiger charge is -2.24. The van der Waals surface area contributed by atoms with E-state index in [2.05, 4.69) is 4.98 Å². The van der Waals surface area contributed by atoms with Crippen molar-refractivity contribution < 1.29 is 9.53 Å². The van der Waals surface area contributed by atoms with Crippen molar-refractivity contribution in [1.29, 1.82) is 5.26 Å². The molecule has 1 amide bonds. The average Bonchev–Trinajstić information content (AvgIpc) is 2.83. The number of benzene rings is 2. The summed E-state index contributed by atoms with van der Waals surface area (Å²) in [7, 11) is 0. The summed E-state index contributed by atoms with van der Waals surface area (Å²) in [6, 6.07) is 17.7. The third-order valence-electron chi connectivity index (χ3n) is 5.06. The summed E-state index contributed by atoms with van der Waals surface area (Å²) in [4.78, 5) is 41.8. The molecule has 9 nitrogen and oxygen atoms in total. The van der Waals surface area contributed by atoms with Gasteiger partial charge in [0.1, 0.15) is 17.6 Å². The van der Waals surface area contributed by atoms with Crippen molar-refractivity contribution >= 4 is 17.4 Å². The lowest BCUT2D eigenvalue weighted by atomic mass is 10.2. The summed E-state index contributed by atoms with van der Waals surface area (Å²) in [5, 5.41) is 9.22. The fourth-order valence-electron chi connectivity index (χ4n) is 3.34. The molecule has 2 aromatic carbocycles. The number of amides is 1. The van der Waals surface area contributed by atoms with Crippen molar-refractivity contribution in [1.82, 2.24) is 9.55 Å². The Labute approximate surface area is 190 Å². The Kier molecular flexibility index (Phi) is 7.65. The highest BCUT2D eigenvalue weighted by Gasteiger charge is 2.24. The number of aromatic nitrogens is 2. The minimum Gasteiger partial charge on any atom is -0.482 e. The van der Waals surface area contributed by atoms with Crippen LogP contribution in [0.1, 0.15) is 30.9 Å². The third kappa shape index (κ3) is 5.49. The minimum atomic E-state index is -0.747. The molecule has 0 radical (unpaired) electrons. The summed E-state index contributed by atoms with van der Waals surface area (Å²) in [6.45, 7) is 1.90. The van der Waals surface area contributed by atoms with Crippen molar-refractivity contribution in [3.05, 3.63) is 86.6 Å². The standard InChI is InChI=1S/C24H25N5O4/c1-2-3-13-28(20(30)16-33-19-12-8-7-11-18(19)14-25)21-22(26)29(24(32)27-23(21)31)15-17-9-5-4-6-10-17/h4-12H,2-3,13,15-16,26H2,1H3,(H,27,31,32). The highest BCUT2D eigenvalue weighted by atomic mass is 16.5. The first-order valence-electron chi connectivity index (χ1n) is 10.5. The largest absolute Gasteiger partial charge is 0.482 e. The number of carbonyl (C=O) groups is 1. The van der Waals surface area contributed by atoms with E-state index >= 15 is 0 Å². The van der Waals surface area contributed by atoms with E-state index in [1.54, 1.807) is 24.3 Å². The maximum atomic E-state index is 13.1. The van der Waals surface area contributed by atoms with Gasteiger partial charge in [-0.3, -0.25) is 19.1 Å². The fraction of sp³-hybridized carbons (Fsp3) is 0.250. The van der Waals surface area contributed by atoms with Crippen LogP contribution in [0.4, 0.5) is 11.5 Å². The number of nitrogen functional groups attached to an aromatic ring is 1. The van der Waals surface area contributed by atoms with E-state index in [0.717, 1.165) is 12.0 Å². The number of H-pyrrole nitrogens is 1. The second-order valence-electron chi connectivity index (χ2n) is 7.36. The second kappa shape index (κ2) is 10.8. The Morgan fingerprint density at radius 2 is 1.85 bits per heavy atom. The van der Waals surface area contributed by atoms with Gasteiger partial charge in [0.2, 0.25) is 0 Å². The summed E-state index contributed by atoms with van der Waals surface area (Å²) < 4.78 is 6.79. The van der Waals surface area contributed by atoms with E-state index in [0.29, 0.717) is 12.0 Å². The zero-order valence-corrected chi connectivity index (χ0v) is 18.3. The van der Waals surface area contributed by atoms with E-state index in [9.17, 15) is 19.6 Å². The van der Waals surface area contributed by atoms with Gasteiger partial charge < -0.3 is 15.4 Å². The molecule has 0 fully saturated rings. The SMILES string of the molecule is CCCCN(C(=O)COc1ccccc1C#N)c1c(N)n(Cc2ccccc2)c(=O)[nH]c1=O. The van der Waals surface area contributed by atoms with Gasteiger partial charge in [0.15, 0.2) is 12.3 Å². The maximum Gasteiger partial charge on any atom is 0.330 e. The molecule has 1 aromatic heterocycles. The Bertz CT molecular complexity index is 1270. The number of unbranched alkanes of at least 4 members (excludes halogenated alkanes) is 1. The molecule has 0 aliphatic rings. The molecule has 3 rings (SSSR count). The molecular weight excluding hydrogens is 422 g/mol. The number of anilines is 2. The zero-order valence-electron chi connectivity index (χ0n) is 18.3. The monoisotopic (exact) mass is 447 g/mol. The van der Waals surface area contributed by atoms with Crippen LogP contribution in [-0.4, -0.2) is 28.6 Å². The van der Waals surface area contributed by atoms with Crippen LogP contribution in [-0.2, 0) is 11.3 Å². The van der Waals surface area contributed by atoms with Crippen LogP contribution in [0.3, 0.4) is 0 Å². The molecule has 9 heteroatoms. The number of nitriles is 1. The zero-order chi connectivity index (χ0) is 23.8. The number of nitrogens with two attached hydrogens (primary N) is 1. The molecule has 3 N–H and O–H groups in total. The van der Waals surface area contributed by atoms with E-state index in [1.165, 1.54) is 9.47 Å². The van der Waals surface area contributed by atoms with Gasteiger partial charge in [0, 0.05) is 6.54 Å². The lowest BCUT2D eigenvalue weighted by molar-refractivity contribution is -0.120. The molecule has 0 aliphatic heterocycles. The van der Waals surface area contributed by atoms with Crippen LogP contribution in [0.25, 0.3) is 0 Å². The van der Waals surface area contributed by atoms with E-state index < -0.39 is 23.8 Å². The van der Waals surface area contributed by atoms with Gasteiger partial charge >= 0.3 is 5.69 Å². The predicted octanol–water partition coefficient (Wildman–Crippen LogP) is 2.25. The van der Waals surface area contributed by atoms with Crippen molar-refractivity contribution in [2.45, 2.75) is 26.3 Å². The number of hydrogen-bond acceptors (Lipinski definition) is 6. The minimum absolute atomic E-state index is 0.0962. The molecule has 0 unspecified atom stereocenters. The quantitative estimate of drug-likeness (QED) is 0.517. The molecule has 0 spiro atoms. The van der Waals surface area contributed by atoms with Crippen molar-refractivity contribution in [3.8, 4) is 11.8 Å². The average molecular weight is 447 g/mol. The number of nitrogens with one attached hydrogen (secondary N) is 1. The van der Waals surface area contributed by atoms with Gasteiger partial charge in [-0.1, -0.05) is 55.8 Å². The number of aromatic amines is 1. The molecule has 0 saturated heterocycles. The third-order valence-corrected chi connectivity index (χ3v) is 5.06. The van der Waals surface area contributed by atoms with Crippen molar-refractivity contribution in [3.63, 3.8) is 0 Å². The number of para-hydroxylation sites is 1. The smallest absolute Gasteiger partial charge is 0.330 e. The summed E-state index contributed by atoms with van der Waals surface area (Å²) in [6.07, 6.45) is 1.38. The lowest BCUT2D eigenvalue weighted by Crippen LogP contribution is -2.43. The van der Waals surface area contributed by atoms with Crippen LogP contribution in [0.5, 0.6) is 5.75 Å². The Hall–Kier alpha value is -4.32. The van der Waals surface area contributed by atoms with Crippen LogP contribution >= 0.6 is 0 Å². The fourth-order valence-corrected chi connectivity index (χ4v) is 3.34. The van der Waals surface area contributed by atoms with Gasteiger partial charge in [0.05, 0.1) is 12.1 Å². The Balaban J connectivity index is 1.95. The van der Waals surface area contributed by atoms with Crippen LogP contribution in [0.2, 0.25) is 0 Å². The number of nitrogens with zero attached hydrogens (tertiary/aromatic N) is 3. The summed E-state index contributed by atoms with van der Waals surface area (Å²) in [5.74, 6) is -0.354. The van der Waals surface area contributed by atoms with E-state index in [4.69, 9.17) is 10.5 Å². The molecule has 0 bridgehead atoms. The topological polar surface area (TPSA) is 134 Å². The first-order valence-corrected chi connectivity index (χ1v) is 10.5. The predicted molar refractivity (Wildman–Crippen MR) is 125 cm³/mol. The first-order chi connectivity index (χ1) is 16.0. The molecular formula is C24H25N5O4. The molecule has 0 saturated carbocycles. The van der Waals surface area contributed by atoms with Crippen LogP contribution < -0.4 is 26.6 Å². The van der Waals surface area contributed by atoms with Gasteiger partial charge in [-0.05, 0) is 24.1 Å². The maximum absolute atomic E-state index is 13.1. The molecule has 33 heavy (non-hydrogen) atoms. The molecule has 0 aliphatic carbocycles. The number of hydrogen-bond donors (Lipinski definition) is 2. The second-order valence-corrected chi connectivity index (χ2v) is 7.36. The highest BCUT2D eigenvalue weighted by molar-refractivity contribution is 5.96. The van der Waals surface area contributed by atoms with Gasteiger partial charge in [0.25, 0.3) is 11.5 Å². The molecule has 170 valence electrons. The normalized spacial score (nSPS) is 10.4. The van der Waals surface area contributed by atoms with Crippen molar-refractivity contribution in [2.75, 3.05) is 23.8 Å². The van der Waals surface area contributed by atoms with E-state index in [1.807, 2.05) is 43.3 Å². The Morgan fingerprint density at radius 1 is 1.15 bits per heavy atom. The van der Waals surface area contributed by atoms with Gasteiger partial charge in [-0.25, -0.2) is 4.79 Å². The highest BCUT2D eigenvalue weighted by Crippen LogP contribution is 2.20. The van der Waals surface area contributed by atoms with Gasteiger partial charge in [-0.15, -0.1) is 0 Å². The molecule has 1 heterocycles. The van der Waals surface area contributed by atoms with Crippen LogP contribution in [0, 0.1) is 11.3 Å². The van der Waals surface area contributed by atoms with E-state index in [-0.39, 0.29) is 30.3 Å². The van der Waals surface area contributed by atoms with Gasteiger partial charge in [-0.2, -0.15) is 5.26 Å². The van der Waals surface area contributed by atoms with Crippen molar-refractivity contribution in [2.24, 2.45) is 0 Å². The number of carbonyl (C=O) groups excluding carboxylic acids is 1. The first kappa shape index (κ1) is 23.3. The summed E-state index contributed by atoms with van der Waals surface area (Å²) >= 11 is 0. The molecule has 3 aromatic rings. The molecule has 0 atom stereocenters.